The van der Waals surface area contributed by atoms with Crippen molar-refractivity contribution in [3.8, 4) is 0 Å². The number of ether oxygens (including phenoxy) is 1. The van der Waals surface area contributed by atoms with Crippen molar-refractivity contribution in [2.45, 2.75) is 20.3 Å². The number of nitrogens with one attached hydrogen (secondary N) is 1. The molecule has 7 heteroatoms. The molecule has 0 aliphatic carbocycles. The Balaban J connectivity index is 1.95. The van der Waals surface area contributed by atoms with Gasteiger partial charge in [0.1, 0.15) is 0 Å². The molecule has 0 radical (unpaired) electrons. The van der Waals surface area contributed by atoms with E-state index in [0.29, 0.717) is 31.6 Å². The highest BCUT2D eigenvalue weighted by Crippen LogP contribution is 2.20. The Kier molecular flexibility index (Phi) is 6.61. The van der Waals surface area contributed by atoms with E-state index in [0.717, 1.165) is 11.3 Å². The number of rotatable bonds is 8. The number of pyridine rings is 1. The van der Waals surface area contributed by atoms with Crippen LogP contribution in [0.25, 0.3) is 5.52 Å². The number of anilines is 1. The van der Waals surface area contributed by atoms with Crippen molar-refractivity contribution in [3.63, 3.8) is 0 Å². The van der Waals surface area contributed by atoms with Crippen molar-refractivity contribution in [3.05, 3.63) is 65.7 Å². The smallest absolute Gasteiger partial charge is 0.294 e. The number of aryl methyl sites for hydroxylation is 1. The van der Waals surface area contributed by atoms with Gasteiger partial charge in [-0.3, -0.25) is 14.0 Å². The molecule has 3 rings (SSSR count). The van der Waals surface area contributed by atoms with Gasteiger partial charge in [-0.05, 0) is 50.1 Å². The number of aromatic nitrogens is 2. The first-order valence-corrected chi connectivity index (χ1v) is 9.69. The summed E-state index contributed by atoms with van der Waals surface area (Å²) in [7, 11) is 1.62. The summed E-state index contributed by atoms with van der Waals surface area (Å²) < 4.78 is 6.67. The molecule has 7 nitrogen and oxygen atoms in total. The van der Waals surface area contributed by atoms with Crippen molar-refractivity contribution in [1.29, 1.82) is 0 Å². The first-order chi connectivity index (χ1) is 14.1. The highest BCUT2D eigenvalue weighted by molar-refractivity contribution is 6.07. The third-order valence-corrected chi connectivity index (χ3v) is 4.64. The zero-order valence-electron chi connectivity index (χ0n) is 17.0. The predicted octanol–water partition coefficient (Wildman–Crippen LogP) is 3.08. The zero-order valence-corrected chi connectivity index (χ0v) is 17.0. The summed E-state index contributed by atoms with van der Waals surface area (Å²) in [5.41, 5.74) is 2.71. The van der Waals surface area contributed by atoms with Crippen LogP contribution in [0.5, 0.6) is 0 Å². The fourth-order valence-electron chi connectivity index (χ4n) is 3.22. The van der Waals surface area contributed by atoms with Crippen LogP contribution >= 0.6 is 0 Å². The van der Waals surface area contributed by atoms with E-state index >= 15 is 0 Å². The summed E-state index contributed by atoms with van der Waals surface area (Å²) in [6.45, 7) is 5.43. The number of amides is 2. The Hall–Kier alpha value is -3.19. The van der Waals surface area contributed by atoms with Crippen molar-refractivity contribution in [1.82, 2.24) is 14.7 Å². The minimum absolute atomic E-state index is 0.214. The highest BCUT2D eigenvalue weighted by Gasteiger charge is 2.25. The molecule has 0 fully saturated rings. The number of methoxy groups -OCH3 is 1. The molecule has 3 aromatic rings. The van der Waals surface area contributed by atoms with Gasteiger partial charge in [0.15, 0.2) is 5.69 Å². The van der Waals surface area contributed by atoms with Gasteiger partial charge in [-0.15, -0.1) is 0 Å². The van der Waals surface area contributed by atoms with E-state index in [4.69, 9.17) is 4.74 Å². The maximum absolute atomic E-state index is 13.3. The minimum Gasteiger partial charge on any atom is -0.385 e. The van der Waals surface area contributed by atoms with Gasteiger partial charge in [-0.25, -0.2) is 4.98 Å². The Morgan fingerprint density at radius 1 is 1.21 bits per heavy atom. The van der Waals surface area contributed by atoms with Crippen molar-refractivity contribution >= 4 is 23.0 Å². The predicted molar refractivity (Wildman–Crippen MR) is 113 cm³/mol. The lowest BCUT2D eigenvalue weighted by atomic mass is 10.2. The van der Waals surface area contributed by atoms with Crippen LogP contribution in [0.2, 0.25) is 0 Å². The minimum atomic E-state index is -0.303. The number of benzene rings is 1. The van der Waals surface area contributed by atoms with Gasteiger partial charge in [-0.1, -0.05) is 18.2 Å². The summed E-state index contributed by atoms with van der Waals surface area (Å²) in [6.07, 6.45) is 2.46. The maximum atomic E-state index is 13.3. The molecular weight excluding hydrogens is 368 g/mol. The van der Waals surface area contributed by atoms with Crippen LogP contribution in [0.3, 0.4) is 0 Å². The first-order valence-electron chi connectivity index (χ1n) is 9.69. The molecule has 2 heterocycles. The van der Waals surface area contributed by atoms with Gasteiger partial charge >= 0.3 is 0 Å². The third kappa shape index (κ3) is 4.46. The molecule has 0 spiro atoms. The molecule has 29 heavy (non-hydrogen) atoms. The standard InChI is InChI=1S/C22H26N4O3/c1-4-25(17-10-7-9-16(2)15-17)22(28)20-24-19(18-11-5-6-13-26(18)20)21(27)23-12-8-14-29-3/h5-7,9-11,13,15H,4,8,12,14H2,1-3H3,(H,23,27). The van der Waals surface area contributed by atoms with Gasteiger partial charge < -0.3 is 15.0 Å². The molecule has 2 amide bonds. The van der Waals surface area contributed by atoms with E-state index in [1.807, 2.05) is 50.2 Å². The van der Waals surface area contributed by atoms with Crippen molar-refractivity contribution < 1.29 is 14.3 Å². The second kappa shape index (κ2) is 9.34. The molecule has 0 saturated carbocycles. The lowest BCUT2D eigenvalue weighted by molar-refractivity contribution is 0.0946. The van der Waals surface area contributed by atoms with Crippen LogP contribution in [0, 0.1) is 6.92 Å². The van der Waals surface area contributed by atoms with E-state index < -0.39 is 0 Å². The number of carbonyl (C=O) groups excluding carboxylic acids is 2. The van der Waals surface area contributed by atoms with E-state index in [-0.39, 0.29) is 23.3 Å². The van der Waals surface area contributed by atoms with E-state index in [1.165, 1.54) is 0 Å². The van der Waals surface area contributed by atoms with Crippen molar-refractivity contribution in [2.75, 3.05) is 31.7 Å². The molecule has 0 saturated heterocycles. The molecule has 1 N–H and O–H groups in total. The average Bonchev–Trinajstić information content (AvgIpc) is 3.11. The summed E-state index contributed by atoms with van der Waals surface area (Å²) in [5.74, 6) is -0.341. The van der Waals surface area contributed by atoms with E-state index in [9.17, 15) is 9.59 Å². The number of imidazole rings is 1. The van der Waals surface area contributed by atoms with E-state index in [2.05, 4.69) is 10.3 Å². The summed E-state index contributed by atoms with van der Waals surface area (Å²) >= 11 is 0. The monoisotopic (exact) mass is 394 g/mol. The number of nitrogens with zero attached hydrogens (tertiary/aromatic N) is 3. The highest BCUT2D eigenvalue weighted by atomic mass is 16.5. The molecule has 0 aliphatic rings. The molecule has 0 aliphatic heterocycles. The van der Waals surface area contributed by atoms with Gasteiger partial charge in [0, 0.05) is 38.7 Å². The van der Waals surface area contributed by atoms with Gasteiger partial charge in [0.05, 0.1) is 5.52 Å². The van der Waals surface area contributed by atoms with Crippen LogP contribution in [0.1, 0.15) is 40.0 Å². The summed E-state index contributed by atoms with van der Waals surface area (Å²) in [4.78, 5) is 32.1. The van der Waals surface area contributed by atoms with Gasteiger partial charge in [0.2, 0.25) is 5.82 Å². The molecule has 1 aromatic carbocycles. The summed E-state index contributed by atoms with van der Waals surface area (Å²) in [5, 5.41) is 2.84. The fraction of sp³-hybridized carbons (Fsp3) is 0.318. The number of hydrogen-bond donors (Lipinski definition) is 1. The van der Waals surface area contributed by atoms with Crippen LogP contribution < -0.4 is 10.2 Å². The lowest BCUT2D eigenvalue weighted by Gasteiger charge is -2.20. The Bertz CT molecular complexity index is 1010. The topological polar surface area (TPSA) is 75.9 Å². The second-order valence-corrected chi connectivity index (χ2v) is 6.73. The second-order valence-electron chi connectivity index (χ2n) is 6.73. The molecule has 2 aromatic heterocycles. The molecule has 152 valence electrons. The Morgan fingerprint density at radius 2 is 2.03 bits per heavy atom. The number of fused-ring (bicyclic) bond motifs is 1. The van der Waals surface area contributed by atoms with Gasteiger partial charge in [0.25, 0.3) is 11.8 Å². The van der Waals surface area contributed by atoms with Crippen LogP contribution in [0.4, 0.5) is 5.69 Å². The fourth-order valence-corrected chi connectivity index (χ4v) is 3.22. The Labute approximate surface area is 170 Å². The zero-order chi connectivity index (χ0) is 20.8. The normalized spacial score (nSPS) is 10.9. The number of hydrogen-bond acceptors (Lipinski definition) is 4. The lowest BCUT2D eigenvalue weighted by Crippen LogP contribution is -2.32. The largest absolute Gasteiger partial charge is 0.385 e. The number of carbonyl (C=O) groups is 2. The summed E-state index contributed by atoms with van der Waals surface area (Å²) in [6, 6.07) is 13.2. The molecule has 0 bridgehead atoms. The van der Waals surface area contributed by atoms with Crippen LogP contribution in [-0.2, 0) is 4.74 Å². The molecule has 0 unspecified atom stereocenters. The van der Waals surface area contributed by atoms with Crippen LogP contribution in [-0.4, -0.2) is 48.0 Å². The Morgan fingerprint density at radius 3 is 2.76 bits per heavy atom. The van der Waals surface area contributed by atoms with Crippen LogP contribution in [0.15, 0.2) is 48.7 Å². The van der Waals surface area contributed by atoms with Gasteiger partial charge in [-0.2, -0.15) is 0 Å². The maximum Gasteiger partial charge on any atom is 0.294 e. The molecule has 0 atom stereocenters. The third-order valence-electron chi connectivity index (χ3n) is 4.64. The first kappa shape index (κ1) is 20.5. The van der Waals surface area contributed by atoms with E-state index in [1.54, 1.807) is 28.7 Å². The SMILES string of the molecule is CCN(C(=O)c1nc(C(=O)NCCCOC)c2ccccn12)c1cccc(C)c1. The van der Waals surface area contributed by atoms with Crippen molar-refractivity contribution in [2.24, 2.45) is 0 Å². The average molecular weight is 394 g/mol. The molecular formula is C22H26N4O3. The quantitative estimate of drug-likeness (QED) is 0.596.